The third-order valence-electron chi connectivity index (χ3n) is 3.22. The van der Waals surface area contributed by atoms with Crippen LogP contribution in [-0.2, 0) is 11.3 Å². The Kier molecular flexibility index (Phi) is 5.12. The normalized spacial score (nSPS) is 21.7. The van der Waals surface area contributed by atoms with E-state index in [0.29, 0.717) is 6.04 Å². The maximum Gasteiger partial charge on any atom is 0.123 e. The van der Waals surface area contributed by atoms with Crippen molar-refractivity contribution in [2.75, 3.05) is 26.2 Å². The van der Waals surface area contributed by atoms with Crippen molar-refractivity contribution in [1.29, 1.82) is 0 Å². The van der Waals surface area contributed by atoms with Gasteiger partial charge in [-0.1, -0.05) is 6.92 Å². The van der Waals surface area contributed by atoms with Crippen LogP contribution < -0.4 is 5.32 Å². The number of ether oxygens (including phenoxy) is 1. The maximum atomic E-state index is 5.85. The van der Waals surface area contributed by atoms with Crippen molar-refractivity contribution >= 4 is 11.3 Å². The molecule has 1 saturated heterocycles. The Morgan fingerprint density at radius 3 is 3.17 bits per heavy atom. The number of nitrogens with zero attached hydrogens (tertiary/aromatic N) is 2. The number of thiazole rings is 1. The molecule has 0 bridgehead atoms. The summed E-state index contributed by atoms with van der Waals surface area (Å²) in [7, 11) is 0. The van der Waals surface area contributed by atoms with Crippen molar-refractivity contribution in [1.82, 2.24) is 15.2 Å². The lowest BCUT2D eigenvalue weighted by Crippen LogP contribution is -2.42. The summed E-state index contributed by atoms with van der Waals surface area (Å²) in [4.78, 5) is 8.26. The maximum absolute atomic E-state index is 5.85. The van der Waals surface area contributed by atoms with Crippen molar-refractivity contribution < 1.29 is 4.74 Å². The van der Waals surface area contributed by atoms with Gasteiger partial charge < -0.3 is 10.1 Å². The van der Waals surface area contributed by atoms with E-state index in [4.69, 9.17) is 4.74 Å². The summed E-state index contributed by atoms with van der Waals surface area (Å²) >= 11 is 1.77. The lowest BCUT2D eigenvalue weighted by molar-refractivity contribution is -0.0402. The molecule has 2 heterocycles. The van der Waals surface area contributed by atoms with Gasteiger partial charge in [-0.05, 0) is 20.4 Å². The molecule has 0 saturated carbocycles. The number of hydrogen-bond acceptors (Lipinski definition) is 5. The molecule has 102 valence electrons. The third-order valence-corrected chi connectivity index (χ3v) is 4.31. The van der Waals surface area contributed by atoms with Gasteiger partial charge >= 0.3 is 0 Å². The van der Waals surface area contributed by atoms with Crippen LogP contribution in [0.4, 0.5) is 0 Å². The molecule has 1 atom stereocenters. The number of nitrogens with one attached hydrogen (secondary N) is 1. The first-order chi connectivity index (χ1) is 8.70. The van der Waals surface area contributed by atoms with Crippen LogP contribution in [0.25, 0.3) is 0 Å². The first kappa shape index (κ1) is 13.9. The molecule has 0 aromatic carbocycles. The molecule has 1 aromatic heterocycles. The molecule has 1 fully saturated rings. The lowest BCUT2D eigenvalue weighted by atomic mass is 10.2. The molecule has 1 unspecified atom stereocenters. The van der Waals surface area contributed by atoms with E-state index in [1.807, 2.05) is 6.20 Å². The molecule has 1 aromatic rings. The quantitative estimate of drug-likeness (QED) is 0.887. The predicted octanol–water partition coefficient (Wildman–Crippen LogP) is 2.03. The van der Waals surface area contributed by atoms with Crippen LogP contribution in [0, 0.1) is 0 Å². The van der Waals surface area contributed by atoms with E-state index in [0.717, 1.165) is 37.8 Å². The van der Waals surface area contributed by atoms with Gasteiger partial charge in [0, 0.05) is 36.8 Å². The van der Waals surface area contributed by atoms with Gasteiger partial charge in [-0.25, -0.2) is 4.98 Å². The first-order valence-corrected chi connectivity index (χ1v) is 7.53. The number of morpholine rings is 1. The fourth-order valence-electron chi connectivity index (χ4n) is 2.09. The molecule has 18 heavy (non-hydrogen) atoms. The first-order valence-electron chi connectivity index (χ1n) is 6.71. The summed E-state index contributed by atoms with van der Waals surface area (Å²) in [5.74, 6) is 0. The van der Waals surface area contributed by atoms with E-state index >= 15 is 0 Å². The van der Waals surface area contributed by atoms with Crippen molar-refractivity contribution in [2.45, 2.75) is 39.5 Å². The van der Waals surface area contributed by atoms with Crippen LogP contribution in [0.5, 0.6) is 0 Å². The highest BCUT2D eigenvalue weighted by atomic mass is 32.1. The SMILES string of the molecule is CCNCc1cnc(C2CN(C(C)C)CCO2)s1. The van der Waals surface area contributed by atoms with Gasteiger partial charge in [-0.15, -0.1) is 11.3 Å². The van der Waals surface area contributed by atoms with Gasteiger partial charge in [0.15, 0.2) is 0 Å². The van der Waals surface area contributed by atoms with Gasteiger partial charge in [0.25, 0.3) is 0 Å². The van der Waals surface area contributed by atoms with Gasteiger partial charge in [0.2, 0.25) is 0 Å². The molecule has 0 amide bonds. The minimum absolute atomic E-state index is 0.154. The topological polar surface area (TPSA) is 37.4 Å². The summed E-state index contributed by atoms with van der Waals surface area (Å²) in [5, 5.41) is 4.45. The molecule has 0 spiro atoms. The molecule has 1 N–H and O–H groups in total. The highest BCUT2D eigenvalue weighted by Crippen LogP contribution is 2.27. The summed E-state index contributed by atoms with van der Waals surface area (Å²) in [6, 6.07) is 0.581. The van der Waals surface area contributed by atoms with Gasteiger partial charge in [0.05, 0.1) is 6.61 Å². The summed E-state index contributed by atoms with van der Waals surface area (Å²) in [6.45, 7) is 11.3. The average molecular weight is 269 g/mol. The van der Waals surface area contributed by atoms with Crippen molar-refractivity contribution in [2.24, 2.45) is 0 Å². The predicted molar refractivity (Wildman–Crippen MR) is 74.9 cm³/mol. The summed E-state index contributed by atoms with van der Waals surface area (Å²) in [6.07, 6.45) is 2.13. The monoisotopic (exact) mass is 269 g/mol. The van der Waals surface area contributed by atoms with E-state index in [9.17, 15) is 0 Å². The molecule has 0 aliphatic carbocycles. The van der Waals surface area contributed by atoms with Crippen molar-refractivity contribution in [3.05, 3.63) is 16.1 Å². The van der Waals surface area contributed by atoms with Crippen LogP contribution in [0.1, 0.15) is 36.8 Å². The minimum atomic E-state index is 0.154. The van der Waals surface area contributed by atoms with Crippen LogP contribution in [0.3, 0.4) is 0 Å². The zero-order valence-corrected chi connectivity index (χ0v) is 12.3. The Labute approximate surface area is 113 Å². The molecule has 2 rings (SSSR count). The fraction of sp³-hybridized carbons (Fsp3) is 0.769. The van der Waals surface area contributed by atoms with Crippen molar-refractivity contribution in [3.8, 4) is 0 Å². The molecular weight excluding hydrogens is 246 g/mol. The summed E-state index contributed by atoms with van der Waals surface area (Å²) in [5.41, 5.74) is 0. The second-order valence-electron chi connectivity index (χ2n) is 4.89. The molecule has 1 aliphatic rings. The number of aromatic nitrogens is 1. The Morgan fingerprint density at radius 2 is 2.44 bits per heavy atom. The van der Waals surface area contributed by atoms with Crippen molar-refractivity contribution in [3.63, 3.8) is 0 Å². The highest BCUT2D eigenvalue weighted by molar-refractivity contribution is 7.11. The molecule has 5 heteroatoms. The van der Waals surface area contributed by atoms with Gasteiger partial charge in [-0.3, -0.25) is 4.90 Å². The standard InChI is InChI=1S/C13H23N3OS/c1-4-14-7-11-8-15-13(18-11)12-9-16(10(2)3)5-6-17-12/h8,10,12,14H,4-7,9H2,1-3H3. The van der Waals surface area contributed by atoms with E-state index in [1.165, 1.54) is 4.88 Å². The number of hydrogen-bond donors (Lipinski definition) is 1. The Bertz CT molecular complexity index is 367. The van der Waals surface area contributed by atoms with Crippen LogP contribution in [0.15, 0.2) is 6.20 Å². The zero-order chi connectivity index (χ0) is 13.0. The summed E-state index contributed by atoms with van der Waals surface area (Å²) < 4.78 is 5.85. The molecule has 0 radical (unpaired) electrons. The van der Waals surface area contributed by atoms with Crippen LogP contribution >= 0.6 is 11.3 Å². The lowest BCUT2D eigenvalue weighted by Gasteiger charge is -2.34. The molecule has 4 nitrogen and oxygen atoms in total. The van der Waals surface area contributed by atoms with E-state index in [1.54, 1.807) is 11.3 Å². The largest absolute Gasteiger partial charge is 0.368 e. The smallest absolute Gasteiger partial charge is 0.123 e. The number of rotatable bonds is 5. The Balaban J connectivity index is 1.95. The van der Waals surface area contributed by atoms with Crippen LogP contribution in [0.2, 0.25) is 0 Å². The average Bonchev–Trinajstić information content (AvgIpc) is 2.85. The molecule has 1 aliphatic heterocycles. The van der Waals surface area contributed by atoms with E-state index in [2.05, 4.69) is 36.0 Å². The van der Waals surface area contributed by atoms with Gasteiger partial charge in [0.1, 0.15) is 11.1 Å². The van der Waals surface area contributed by atoms with E-state index < -0.39 is 0 Å². The third kappa shape index (κ3) is 3.51. The van der Waals surface area contributed by atoms with Crippen LogP contribution in [-0.4, -0.2) is 42.2 Å². The highest BCUT2D eigenvalue weighted by Gasteiger charge is 2.25. The Hall–Kier alpha value is -0.490. The second-order valence-corrected chi connectivity index (χ2v) is 6.04. The Morgan fingerprint density at radius 1 is 1.61 bits per heavy atom. The minimum Gasteiger partial charge on any atom is -0.368 e. The molecular formula is C13H23N3OS. The van der Waals surface area contributed by atoms with Gasteiger partial charge in [-0.2, -0.15) is 0 Å². The second kappa shape index (κ2) is 6.61. The fourth-order valence-corrected chi connectivity index (χ4v) is 3.02. The van der Waals surface area contributed by atoms with E-state index in [-0.39, 0.29) is 6.10 Å². The zero-order valence-electron chi connectivity index (χ0n) is 11.5.